The van der Waals surface area contributed by atoms with Crippen LogP contribution >= 0.6 is 22.9 Å². The molecule has 2 aromatic carbocycles. The summed E-state index contributed by atoms with van der Waals surface area (Å²) in [5.41, 5.74) is 0.655. The fourth-order valence-corrected chi connectivity index (χ4v) is 4.07. The molecule has 2 aromatic heterocycles. The average Bonchev–Trinajstić information content (AvgIpc) is 3.40. The van der Waals surface area contributed by atoms with E-state index in [0.29, 0.717) is 45.6 Å². The van der Waals surface area contributed by atoms with Crippen LogP contribution in [0.2, 0.25) is 5.02 Å². The van der Waals surface area contributed by atoms with E-state index in [-0.39, 0.29) is 18.3 Å². The van der Waals surface area contributed by atoms with E-state index in [1.807, 2.05) is 10.8 Å². The van der Waals surface area contributed by atoms with Gasteiger partial charge in [-0.25, -0.2) is 14.4 Å². The molecule has 30 heavy (non-hydrogen) atoms. The number of benzene rings is 2. The van der Waals surface area contributed by atoms with Gasteiger partial charge in [0.15, 0.2) is 11.7 Å². The predicted molar refractivity (Wildman–Crippen MR) is 116 cm³/mol. The topological polar surface area (TPSA) is 60.2 Å². The maximum Gasteiger partial charge on any atom is 0.266 e. The van der Waals surface area contributed by atoms with E-state index in [0.717, 1.165) is 0 Å². The van der Waals surface area contributed by atoms with Gasteiger partial charge in [0.2, 0.25) is 0 Å². The van der Waals surface area contributed by atoms with Crippen LogP contribution < -0.4 is 9.64 Å². The minimum atomic E-state index is -0.332. The van der Waals surface area contributed by atoms with Gasteiger partial charge >= 0.3 is 0 Å². The Bertz CT molecular complexity index is 1130. The van der Waals surface area contributed by atoms with E-state index in [1.54, 1.807) is 47.8 Å². The molecule has 0 bridgehead atoms. The number of nitrogens with zero attached hydrogens (tertiary/aromatic N) is 4. The lowest BCUT2D eigenvalue weighted by Gasteiger charge is -2.20. The van der Waals surface area contributed by atoms with Crippen molar-refractivity contribution in [1.29, 1.82) is 0 Å². The Labute approximate surface area is 181 Å². The van der Waals surface area contributed by atoms with Crippen LogP contribution in [0.3, 0.4) is 0 Å². The first-order chi connectivity index (χ1) is 14.6. The number of halogens is 2. The highest BCUT2D eigenvalue weighted by Crippen LogP contribution is 2.30. The number of aryl methyl sites for hydroxylation is 1. The van der Waals surface area contributed by atoms with Crippen molar-refractivity contribution in [3.63, 3.8) is 0 Å². The fourth-order valence-electron chi connectivity index (χ4n) is 2.91. The van der Waals surface area contributed by atoms with Gasteiger partial charge in [-0.3, -0.25) is 9.69 Å². The number of amides is 1. The lowest BCUT2D eigenvalue weighted by atomic mass is 10.3. The monoisotopic (exact) mass is 444 g/mol. The third kappa shape index (κ3) is 4.95. The molecular weight excluding hydrogens is 427 g/mol. The molecule has 154 valence electrons. The quantitative estimate of drug-likeness (QED) is 0.392. The molecule has 6 nitrogen and oxygen atoms in total. The van der Waals surface area contributed by atoms with Crippen LogP contribution in [0.4, 0.5) is 9.52 Å². The SMILES string of the molecule is O=C(COc1ccc(Cl)cc1)N(CCCn1ccnc1)c1nc2ccc(F)cc2s1. The Kier molecular flexibility index (Phi) is 6.25. The molecule has 0 atom stereocenters. The van der Waals surface area contributed by atoms with Crippen molar-refractivity contribution in [2.75, 3.05) is 18.1 Å². The maximum absolute atomic E-state index is 13.6. The standard InChI is InChI=1S/C21H18ClFN4O2S/c22-15-2-5-17(6-3-15)29-13-20(28)27(10-1-9-26-11-8-24-14-26)21-25-18-7-4-16(23)12-19(18)30-21/h2-8,11-12,14H,1,9-10,13H2. The molecule has 1 amide bonds. The van der Waals surface area contributed by atoms with Crippen molar-refractivity contribution in [1.82, 2.24) is 14.5 Å². The first kappa shape index (κ1) is 20.3. The van der Waals surface area contributed by atoms with Crippen LogP contribution in [0.1, 0.15) is 6.42 Å². The van der Waals surface area contributed by atoms with E-state index < -0.39 is 0 Å². The van der Waals surface area contributed by atoms with Crippen LogP contribution in [0, 0.1) is 5.82 Å². The molecule has 0 radical (unpaired) electrons. The number of carbonyl (C=O) groups excluding carboxylic acids is 1. The number of anilines is 1. The van der Waals surface area contributed by atoms with E-state index in [9.17, 15) is 9.18 Å². The number of rotatable bonds is 8. The van der Waals surface area contributed by atoms with Crippen molar-refractivity contribution >= 4 is 44.2 Å². The van der Waals surface area contributed by atoms with Gasteiger partial charge in [0.25, 0.3) is 5.91 Å². The van der Waals surface area contributed by atoms with Gasteiger partial charge in [0.1, 0.15) is 11.6 Å². The first-order valence-electron chi connectivity index (χ1n) is 9.29. The van der Waals surface area contributed by atoms with Gasteiger partial charge < -0.3 is 9.30 Å². The lowest BCUT2D eigenvalue weighted by Crippen LogP contribution is -2.36. The summed E-state index contributed by atoms with van der Waals surface area (Å²) in [4.78, 5) is 23.1. The summed E-state index contributed by atoms with van der Waals surface area (Å²) in [7, 11) is 0. The number of ether oxygens (including phenoxy) is 1. The van der Waals surface area contributed by atoms with Crippen molar-refractivity contribution in [2.24, 2.45) is 0 Å². The molecule has 9 heteroatoms. The summed E-state index contributed by atoms with van der Waals surface area (Å²) >= 11 is 7.16. The molecular formula is C21H18ClFN4O2S. The molecule has 0 N–H and O–H groups in total. The lowest BCUT2D eigenvalue weighted by molar-refractivity contribution is -0.120. The second kappa shape index (κ2) is 9.23. The molecule has 0 aliphatic heterocycles. The van der Waals surface area contributed by atoms with Gasteiger partial charge in [-0.15, -0.1) is 0 Å². The molecule has 0 spiro atoms. The smallest absolute Gasteiger partial charge is 0.266 e. The zero-order valence-electron chi connectivity index (χ0n) is 15.9. The molecule has 4 rings (SSSR count). The molecule has 0 saturated carbocycles. The Morgan fingerprint density at radius 2 is 2.07 bits per heavy atom. The first-order valence-corrected chi connectivity index (χ1v) is 10.5. The average molecular weight is 445 g/mol. The summed E-state index contributed by atoms with van der Waals surface area (Å²) in [6, 6.07) is 11.2. The summed E-state index contributed by atoms with van der Waals surface area (Å²) in [6.45, 7) is 1.02. The van der Waals surface area contributed by atoms with Crippen LogP contribution in [0.15, 0.2) is 61.2 Å². The van der Waals surface area contributed by atoms with Crippen molar-refractivity contribution in [3.05, 3.63) is 72.0 Å². The molecule has 2 heterocycles. The zero-order chi connectivity index (χ0) is 20.9. The summed E-state index contributed by atoms with van der Waals surface area (Å²) in [6.07, 6.45) is 6.02. The highest BCUT2D eigenvalue weighted by Gasteiger charge is 2.20. The Balaban J connectivity index is 1.50. The minimum absolute atomic E-state index is 0.142. The largest absolute Gasteiger partial charge is 0.484 e. The van der Waals surface area contributed by atoms with Gasteiger partial charge in [-0.2, -0.15) is 0 Å². The molecule has 0 aliphatic carbocycles. The molecule has 4 aromatic rings. The number of hydrogen-bond donors (Lipinski definition) is 0. The van der Waals surface area contributed by atoms with Gasteiger partial charge in [-0.05, 0) is 48.9 Å². The van der Waals surface area contributed by atoms with Crippen LogP contribution in [0.25, 0.3) is 10.2 Å². The number of fused-ring (bicyclic) bond motifs is 1. The minimum Gasteiger partial charge on any atom is -0.484 e. The number of hydrogen-bond acceptors (Lipinski definition) is 5. The van der Waals surface area contributed by atoms with Crippen molar-refractivity contribution in [3.8, 4) is 5.75 Å². The third-order valence-electron chi connectivity index (χ3n) is 4.40. The van der Waals surface area contributed by atoms with Gasteiger partial charge in [0.05, 0.1) is 16.5 Å². The number of imidazole rings is 1. The van der Waals surface area contributed by atoms with Gasteiger partial charge in [0, 0.05) is 30.5 Å². The second-order valence-corrected chi connectivity index (χ2v) is 8.00. The summed E-state index contributed by atoms with van der Waals surface area (Å²) in [5, 5.41) is 1.11. The van der Waals surface area contributed by atoms with Gasteiger partial charge in [-0.1, -0.05) is 22.9 Å². The zero-order valence-corrected chi connectivity index (χ0v) is 17.4. The highest BCUT2D eigenvalue weighted by atomic mass is 35.5. The Morgan fingerprint density at radius 3 is 2.83 bits per heavy atom. The van der Waals surface area contributed by atoms with E-state index in [2.05, 4.69) is 9.97 Å². The van der Waals surface area contributed by atoms with E-state index in [1.165, 1.54) is 23.5 Å². The van der Waals surface area contributed by atoms with E-state index in [4.69, 9.17) is 16.3 Å². The van der Waals surface area contributed by atoms with Crippen LogP contribution in [-0.4, -0.2) is 33.6 Å². The number of thiazole rings is 1. The molecule has 0 unspecified atom stereocenters. The molecule has 0 fully saturated rings. The van der Waals surface area contributed by atoms with Crippen LogP contribution in [-0.2, 0) is 11.3 Å². The third-order valence-corrected chi connectivity index (χ3v) is 5.70. The highest BCUT2D eigenvalue weighted by molar-refractivity contribution is 7.22. The van der Waals surface area contributed by atoms with Crippen molar-refractivity contribution in [2.45, 2.75) is 13.0 Å². The predicted octanol–water partition coefficient (Wildman–Crippen LogP) is 4.79. The summed E-state index contributed by atoms with van der Waals surface area (Å²) in [5.74, 6) is -0.00523. The van der Waals surface area contributed by atoms with Crippen molar-refractivity contribution < 1.29 is 13.9 Å². The maximum atomic E-state index is 13.6. The molecule has 0 aliphatic rings. The molecule has 0 saturated heterocycles. The van der Waals surface area contributed by atoms with Crippen LogP contribution in [0.5, 0.6) is 5.75 Å². The fraction of sp³-hybridized carbons (Fsp3) is 0.190. The number of aromatic nitrogens is 3. The second-order valence-electron chi connectivity index (χ2n) is 6.55. The van der Waals surface area contributed by atoms with E-state index >= 15 is 0 Å². The Morgan fingerprint density at radius 1 is 1.23 bits per heavy atom. The Hall–Kier alpha value is -2.97. The number of carbonyl (C=O) groups is 1. The normalized spacial score (nSPS) is 11.0. The summed E-state index contributed by atoms with van der Waals surface area (Å²) < 4.78 is 21.8.